The van der Waals surface area contributed by atoms with Gasteiger partial charge in [0.2, 0.25) is 0 Å². The van der Waals surface area contributed by atoms with Crippen molar-refractivity contribution in [2.24, 2.45) is 0 Å². The third-order valence-electron chi connectivity index (χ3n) is 3.10. The number of carbonyl (C=O) groups excluding carboxylic acids is 1. The lowest BCUT2D eigenvalue weighted by atomic mass is 10.0. The molecule has 0 aliphatic carbocycles. The lowest BCUT2D eigenvalue weighted by Gasteiger charge is -2.02. The Balaban J connectivity index is 2.11. The van der Waals surface area contributed by atoms with Gasteiger partial charge in [0, 0.05) is 29.5 Å². The number of H-pyrrole nitrogens is 1. The Labute approximate surface area is 110 Å². The van der Waals surface area contributed by atoms with E-state index in [-0.39, 0.29) is 5.97 Å². The zero-order chi connectivity index (χ0) is 13.2. The summed E-state index contributed by atoms with van der Waals surface area (Å²) in [5, 5.41) is 0.865. The fraction of sp³-hybridized carbons (Fsp3) is 0.0667. The SMILES string of the molecule is COC(=O)c1c[nH]c2cc(-c3ccncc3)ccc12. The van der Waals surface area contributed by atoms with Crippen LogP contribution in [0.5, 0.6) is 0 Å². The normalized spacial score (nSPS) is 10.6. The van der Waals surface area contributed by atoms with Crippen LogP contribution in [0.1, 0.15) is 10.4 Å². The van der Waals surface area contributed by atoms with Crippen molar-refractivity contribution in [3.8, 4) is 11.1 Å². The fourth-order valence-corrected chi connectivity index (χ4v) is 2.13. The molecule has 1 aromatic carbocycles. The van der Waals surface area contributed by atoms with Gasteiger partial charge in [0.25, 0.3) is 0 Å². The van der Waals surface area contributed by atoms with Crippen LogP contribution in [0.4, 0.5) is 0 Å². The maximum Gasteiger partial charge on any atom is 0.340 e. The largest absolute Gasteiger partial charge is 0.465 e. The molecule has 0 fully saturated rings. The Bertz CT molecular complexity index is 732. The molecule has 0 spiro atoms. The highest BCUT2D eigenvalue weighted by Crippen LogP contribution is 2.25. The van der Waals surface area contributed by atoms with Gasteiger partial charge < -0.3 is 9.72 Å². The summed E-state index contributed by atoms with van der Waals surface area (Å²) in [6.45, 7) is 0. The number of methoxy groups -OCH3 is 1. The van der Waals surface area contributed by atoms with E-state index in [0.29, 0.717) is 5.56 Å². The minimum atomic E-state index is -0.331. The van der Waals surface area contributed by atoms with Crippen molar-refractivity contribution in [1.29, 1.82) is 0 Å². The number of benzene rings is 1. The van der Waals surface area contributed by atoms with Crippen LogP contribution in [0.15, 0.2) is 48.9 Å². The van der Waals surface area contributed by atoms with E-state index in [2.05, 4.69) is 9.97 Å². The Morgan fingerprint density at radius 3 is 2.68 bits per heavy atom. The van der Waals surface area contributed by atoms with E-state index in [1.54, 1.807) is 18.6 Å². The number of aromatic amines is 1. The summed E-state index contributed by atoms with van der Waals surface area (Å²) >= 11 is 0. The van der Waals surface area contributed by atoms with Crippen LogP contribution >= 0.6 is 0 Å². The summed E-state index contributed by atoms with van der Waals surface area (Å²) in [5.41, 5.74) is 3.63. The van der Waals surface area contributed by atoms with Crippen LogP contribution in [0, 0.1) is 0 Å². The molecule has 0 aliphatic heterocycles. The van der Waals surface area contributed by atoms with E-state index >= 15 is 0 Å². The van der Waals surface area contributed by atoms with E-state index in [1.807, 2.05) is 30.3 Å². The summed E-state index contributed by atoms with van der Waals surface area (Å²) in [6.07, 6.45) is 5.19. The molecule has 3 aromatic rings. The highest BCUT2D eigenvalue weighted by atomic mass is 16.5. The van der Waals surface area contributed by atoms with Crippen LogP contribution in [0.25, 0.3) is 22.0 Å². The average molecular weight is 252 g/mol. The maximum atomic E-state index is 11.6. The zero-order valence-corrected chi connectivity index (χ0v) is 10.4. The third-order valence-corrected chi connectivity index (χ3v) is 3.10. The van der Waals surface area contributed by atoms with Gasteiger partial charge in [-0.25, -0.2) is 4.79 Å². The van der Waals surface area contributed by atoms with Crippen molar-refractivity contribution >= 4 is 16.9 Å². The molecule has 0 atom stereocenters. The molecule has 2 heterocycles. The summed E-state index contributed by atoms with van der Waals surface area (Å²) in [6, 6.07) is 9.82. The number of aromatic nitrogens is 2. The van der Waals surface area contributed by atoms with Crippen LogP contribution < -0.4 is 0 Å². The molecule has 0 bridgehead atoms. The number of nitrogens with zero attached hydrogens (tertiary/aromatic N) is 1. The molecular weight excluding hydrogens is 240 g/mol. The van der Waals surface area contributed by atoms with Crippen molar-refractivity contribution < 1.29 is 9.53 Å². The van der Waals surface area contributed by atoms with Crippen LogP contribution in [0.2, 0.25) is 0 Å². The quantitative estimate of drug-likeness (QED) is 0.713. The number of nitrogens with one attached hydrogen (secondary N) is 1. The third kappa shape index (κ3) is 1.97. The maximum absolute atomic E-state index is 11.6. The van der Waals surface area contributed by atoms with Crippen molar-refractivity contribution in [3.05, 3.63) is 54.5 Å². The second-order valence-electron chi connectivity index (χ2n) is 4.19. The lowest BCUT2D eigenvalue weighted by Crippen LogP contribution is -1.99. The molecule has 4 heteroatoms. The molecule has 0 aliphatic rings. The first-order chi connectivity index (χ1) is 9.29. The van der Waals surface area contributed by atoms with Crippen LogP contribution in [0.3, 0.4) is 0 Å². The zero-order valence-electron chi connectivity index (χ0n) is 10.4. The number of fused-ring (bicyclic) bond motifs is 1. The van der Waals surface area contributed by atoms with Crippen LogP contribution in [-0.4, -0.2) is 23.0 Å². The molecule has 0 radical (unpaired) electrons. The fourth-order valence-electron chi connectivity index (χ4n) is 2.13. The van der Waals surface area contributed by atoms with Crippen LogP contribution in [-0.2, 0) is 4.74 Å². The first kappa shape index (κ1) is 11.5. The van der Waals surface area contributed by atoms with Gasteiger partial charge in [0.1, 0.15) is 0 Å². The van der Waals surface area contributed by atoms with Gasteiger partial charge in [-0.3, -0.25) is 4.98 Å². The Kier molecular flexibility index (Phi) is 2.76. The topological polar surface area (TPSA) is 55.0 Å². The number of esters is 1. The number of carbonyl (C=O) groups is 1. The van der Waals surface area contributed by atoms with E-state index < -0.39 is 0 Å². The van der Waals surface area contributed by atoms with E-state index in [0.717, 1.165) is 22.0 Å². The summed E-state index contributed by atoms with van der Waals surface area (Å²) in [5.74, 6) is -0.331. The Hall–Kier alpha value is -2.62. The number of hydrogen-bond acceptors (Lipinski definition) is 3. The second kappa shape index (κ2) is 4.57. The molecule has 4 nitrogen and oxygen atoms in total. The molecule has 1 N–H and O–H groups in total. The predicted molar refractivity (Wildman–Crippen MR) is 72.9 cm³/mol. The first-order valence-corrected chi connectivity index (χ1v) is 5.89. The number of pyridine rings is 1. The molecule has 3 rings (SSSR count). The molecule has 0 unspecified atom stereocenters. The first-order valence-electron chi connectivity index (χ1n) is 5.89. The average Bonchev–Trinajstić information content (AvgIpc) is 2.90. The van der Waals surface area contributed by atoms with Crippen molar-refractivity contribution in [2.75, 3.05) is 7.11 Å². The standard InChI is InChI=1S/C15H12N2O2/c1-19-15(18)13-9-17-14-8-11(2-3-12(13)14)10-4-6-16-7-5-10/h2-9,17H,1H3. The van der Waals surface area contributed by atoms with E-state index in [9.17, 15) is 4.79 Å². The molecular formula is C15H12N2O2. The molecule has 2 aromatic heterocycles. The second-order valence-corrected chi connectivity index (χ2v) is 4.19. The smallest absolute Gasteiger partial charge is 0.340 e. The van der Waals surface area contributed by atoms with Gasteiger partial charge in [0.05, 0.1) is 12.7 Å². The Morgan fingerprint density at radius 2 is 1.95 bits per heavy atom. The molecule has 0 saturated heterocycles. The number of hydrogen-bond donors (Lipinski definition) is 1. The van der Waals surface area contributed by atoms with Crippen molar-refractivity contribution in [3.63, 3.8) is 0 Å². The number of ether oxygens (including phenoxy) is 1. The van der Waals surface area contributed by atoms with Crippen molar-refractivity contribution in [1.82, 2.24) is 9.97 Å². The van der Waals surface area contributed by atoms with E-state index in [1.165, 1.54) is 7.11 Å². The summed E-state index contributed by atoms with van der Waals surface area (Å²) in [4.78, 5) is 18.7. The molecule has 0 amide bonds. The summed E-state index contributed by atoms with van der Waals surface area (Å²) in [7, 11) is 1.38. The number of rotatable bonds is 2. The lowest BCUT2D eigenvalue weighted by molar-refractivity contribution is 0.0603. The summed E-state index contributed by atoms with van der Waals surface area (Å²) < 4.78 is 4.75. The molecule has 0 saturated carbocycles. The van der Waals surface area contributed by atoms with Gasteiger partial charge in [-0.15, -0.1) is 0 Å². The Morgan fingerprint density at radius 1 is 1.16 bits per heavy atom. The van der Waals surface area contributed by atoms with Gasteiger partial charge in [-0.05, 0) is 29.3 Å². The van der Waals surface area contributed by atoms with Crippen molar-refractivity contribution in [2.45, 2.75) is 0 Å². The van der Waals surface area contributed by atoms with Gasteiger partial charge in [-0.1, -0.05) is 12.1 Å². The van der Waals surface area contributed by atoms with E-state index in [4.69, 9.17) is 4.74 Å². The molecule has 94 valence electrons. The van der Waals surface area contributed by atoms with Gasteiger partial charge >= 0.3 is 5.97 Å². The van der Waals surface area contributed by atoms with Gasteiger partial charge in [0.15, 0.2) is 0 Å². The highest BCUT2D eigenvalue weighted by molar-refractivity contribution is 6.04. The van der Waals surface area contributed by atoms with Gasteiger partial charge in [-0.2, -0.15) is 0 Å². The minimum Gasteiger partial charge on any atom is -0.465 e. The highest BCUT2D eigenvalue weighted by Gasteiger charge is 2.12. The molecule has 19 heavy (non-hydrogen) atoms. The monoisotopic (exact) mass is 252 g/mol. The minimum absolute atomic E-state index is 0.331. The predicted octanol–water partition coefficient (Wildman–Crippen LogP) is 3.02.